The van der Waals surface area contributed by atoms with E-state index < -0.39 is 16.4 Å². The second kappa shape index (κ2) is 6.10. The highest BCUT2D eigenvalue weighted by atomic mass is 19.1. The van der Waals surface area contributed by atoms with Gasteiger partial charge in [-0.3, -0.25) is 10.1 Å². The highest BCUT2D eigenvalue weighted by Gasteiger charge is 2.15. The molecule has 0 amide bonds. The first kappa shape index (κ1) is 13.3. The first-order chi connectivity index (χ1) is 8.06. The van der Waals surface area contributed by atoms with Crippen molar-refractivity contribution in [1.29, 1.82) is 0 Å². The van der Waals surface area contributed by atoms with Crippen molar-refractivity contribution in [3.63, 3.8) is 0 Å². The summed E-state index contributed by atoms with van der Waals surface area (Å²) >= 11 is 0. The summed E-state index contributed by atoms with van der Waals surface area (Å²) in [5, 5.41) is 13.5. The van der Waals surface area contributed by atoms with Gasteiger partial charge in [-0.05, 0) is 44.1 Å². The van der Waals surface area contributed by atoms with Crippen molar-refractivity contribution in [3.05, 3.63) is 45.3 Å². The third-order valence-electron chi connectivity index (χ3n) is 2.39. The summed E-state index contributed by atoms with van der Waals surface area (Å²) < 4.78 is 13.4. The van der Waals surface area contributed by atoms with Gasteiger partial charge in [0, 0.05) is 6.07 Å². The van der Waals surface area contributed by atoms with Crippen LogP contribution in [-0.2, 0) is 0 Å². The maximum Gasteiger partial charge on any atom is 0.305 e. The quantitative estimate of drug-likeness (QED) is 0.487. The Labute approximate surface area is 99.3 Å². The summed E-state index contributed by atoms with van der Waals surface area (Å²) in [4.78, 5) is 9.81. The van der Waals surface area contributed by atoms with Crippen molar-refractivity contribution in [2.24, 2.45) is 0 Å². The molecule has 0 saturated heterocycles. The Morgan fingerprint density at radius 2 is 2.24 bits per heavy atom. The second-order valence-corrected chi connectivity index (χ2v) is 3.71. The lowest BCUT2D eigenvalue weighted by Gasteiger charge is -2.01. The SMILES string of the molecule is CNCCC=Cc1cc(F)c([N+](=O)[O-])cc1C. The molecule has 0 aliphatic carbocycles. The zero-order chi connectivity index (χ0) is 12.8. The number of hydrogen-bond acceptors (Lipinski definition) is 3. The molecule has 0 radical (unpaired) electrons. The number of benzene rings is 1. The number of halogens is 1. The Morgan fingerprint density at radius 1 is 1.53 bits per heavy atom. The number of nitro groups is 1. The molecule has 0 aliphatic rings. The normalized spacial score (nSPS) is 11.0. The number of nitrogens with one attached hydrogen (secondary N) is 1. The van der Waals surface area contributed by atoms with Crippen LogP contribution in [0.4, 0.5) is 10.1 Å². The van der Waals surface area contributed by atoms with E-state index in [9.17, 15) is 14.5 Å². The van der Waals surface area contributed by atoms with E-state index in [2.05, 4.69) is 5.32 Å². The van der Waals surface area contributed by atoms with Gasteiger partial charge in [-0.2, -0.15) is 4.39 Å². The van der Waals surface area contributed by atoms with Crippen LogP contribution in [0.3, 0.4) is 0 Å². The van der Waals surface area contributed by atoms with Crippen molar-refractivity contribution < 1.29 is 9.31 Å². The fourth-order valence-corrected chi connectivity index (χ4v) is 1.44. The van der Waals surface area contributed by atoms with Crippen LogP contribution in [0.15, 0.2) is 18.2 Å². The largest absolute Gasteiger partial charge is 0.319 e. The van der Waals surface area contributed by atoms with Crippen molar-refractivity contribution in [2.75, 3.05) is 13.6 Å². The van der Waals surface area contributed by atoms with Crippen molar-refractivity contribution >= 4 is 11.8 Å². The zero-order valence-electron chi connectivity index (χ0n) is 9.87. The molecule has 17 heavy (non-hydrogen) atoms. The summed E-state index contributed by atoms with van der Waals surface area (Å²) in [6.45, 7) is 2.56. The topological polar surface area (TPSA) is 55.2 Å². The molecule has 5 heteroatoms. The van der Waals surface area contributed by atoms with Gasteiger partial charge in [-0.1, -0.05) is 12.2 Å². The number of rotatable bonds is 5. The Kier molecular flexibility index (Phi) is 4.78. The molecule has 0 aromatic heterocycles. The number of nitro benzene ring substituents is 1. The van der Waals surface area contributed by atoms with Crippen LogP contribution in [0.2, 0.25) is 0 Å². The average Bonchev–Trinajstić information content (AvgIpc) is 2.28. The molecular weight excluding hydrogens is 223 g/mol. The maximum atomic E-state index is 13.4. The van der Waals surface area contributed by atoms with Gasteiger partial charge >= 0.3 is 5.69 Å². The van der Waals surface area contributed by atoms with Gasteiger partial charge in [0.05, 0.1) is 4.92 Å². The predicted molar refractivity (Wildman–Crippen MR) is 65.4 cm³/mol. The first-order valence-corrected chi connectivity index (χ1v) is 5.32. The van der Waals surface area contributed by atoms with E-state index in [0.29, 0.717) is 11.1 Å². The molecule has 0 atom stereocenters. The van der Waals surface area contributed by atoms with Crippen LogP contribution in [0.5, 0.6) is 0 Å². The minimum absolute atomic E-state index is 0.477. The predicted octanol–water partition coefficient (Wildman–Crippen LogP) is 2.67. The van der Waals surface area contributed by atoms with E-state index in [0.717, 1.165) is 13.0 Å². The second-order valence-electron chi connectivity index (χ2n) is 3.71. The Hall–Kier alpha value is -1.75. The van der Waals surface area contributed by atoms with Crippen LogP contribution in [0.25, 0.3) is 6.08 Å². The summed E-state index contributed by atoms with van der Waals surface area (Å²) in [5.41, 5.74) is 0.887. The minimum atomic E-state index is -0.797. The van der Waals surface area contributed by atoms with E-state index in [-0.39, 0.29) is 0 Å². The fraction of sp³-hybridized carbons (Fsp3) is 0.333. The van der Waals surface area contributed by atoms with Crippen LogP contribution < -0.4 is 5.32 Å². The van der Waals surface area contributed by atoms with Crippen LogP contribution in [-0.4, -0.2) is 18.5 Å². The number of hydrogen-bond donors (Lipinski definition) is 1. The minimum Gasteiger partial charge on any atom is -0.319 e. The molecule has 0 fully saturated rings. The van der Waals surface area contributed by atoms with Crippen molar-refractivity contribution in [3.8, 4) is 0 Å². The van der Waals surface area contributed by atoms with E-state index >= 15 is 0 Å². The lowest BCUT2D eigenvalue weighted by Crippen LogP contribution is -2.05. The molecule has 1 N–H and O–H groups in total. The molecule has 1 aromatic rings. The summed E-state index contributed by atoms with van der Waals surface area (Å²) in [7, 11) is 1.85. The first-order valence-electron chi connectivity index (χ1n) is 5.32. The molecule has 92 valence electrons. The van der Waals surface area contributed by atoms with Crippen LogP contribution >= 0.6 is 0 Å². The van der Waals surface area contributed by atoms with Gasteiger partial charge in [0.2, 0.25) is 5.82 Å². The van der Waals surface area contributed by atoms with E-state index in [1.807, 2.05) is 13.1 Å². The third kappa shape index (κ3) is 3.64. The Balaban J connectivity index is 2.92. The number of nitrogens with zero attached hydrogens (tertiary/aromatic N) is 1. The molecule has 0 unspecified atom stereocenters. The zero-order valence-corrected chi connectivity index (χ0v) is 9.87. The molecule has 0 spiro atoms. The third-order valence-corrected chi connectivity index (χ3v) is 2.39. The smallest absolute Gasteiger partial charge is 0.305 e. The average molecular weight is 238 g/mol. The number of aryl methyl sites for hydroxylation is 1. The maximum absolute atomic E-state index is 13.4. The van der Waals surface area contributed by atoms with Gasteiger partial charge < -0.3 is 5.32 Å². The molecule has 0 saturated carbocycles. The van der Waals surface area contributed by atoms with Gasteiger partial charge in [-0.25, -0.2) is 0 Å². The molecule has 1 rings (SSSR count). The molecule has 0 aliphatic heterocycles. The van der Waals surface area contributed by atoms with Gasteiger partial charge in [0.1, 0.15) is 0 Å². The highest BCUT2D eigenvalue weighted by Crippen LogP contribution is 2.22. The summed E-state index contributed by atoms with van der Waals surface area (Å²) in [6, 6.07) is 2.45. The van der Waals surface area contributed by atoms with Crippen molar-refractivity contribution in [1.82, 2.24) is 5.32 Å². The Morgan fingerprint density at radius 3 is 2.82 bits per heavy atom. The van der Waals surface area contributed by atoms with Crippen LogP contribution in [0, 0.1) is 22.9 Å². The molecule has 4 nitrogen and oxygen atoms in total. The van der Waals surface area contributed by atoms with E-state index in [4.69, 9.17) is 0 Å². The summed E-state index contributed by atoms with van der Waals surface area (Å²) in [6.07, 6.45) is 4.51. The van der Waals surface area contributed by atoms with Crippen LogP contribution in [0.1, 0.15) is 17.5 Å². The molecular formula is C12H15FN2O2. The van der Waals surface area contributed by atoms with E-state index in [1.54, 1.807) is 13.0 Å². The lowest BCUT2D eigenvalue weighted by molar-refractivity contribution is -0.387. The fourth-order valence-electron chi connectivity index (χ4n) is 1.44. The highest BCUT2D eigenvalue weighted by molar-refractivity contribution is 5.57. The van der Waals surface area contributed by atoms with Gasteiger partial charge in [0.25, 0.3) is 0 Å². The van der Waals surface area contributed by atoms with E-state index in [1.165, 1.54) is 12.1 Å². The molecule has 1 aromatic carbocycles. The lowest BCUT2D eigenvalue weighted by atomic mass is 10.1. The monoisotopic (exact) mass is 238 g/mol. The molecule has 0 heterocycles. The van der Waals surface area contributed by atoms with Gasteiger partial charge in [-0.15, -0.1) is 0 Å². The molecule has 0 bridgehead atoms. The standard InChI is InChI=1S/C12H15FN2O2/c1-9-7-12(15(16)17)11(13)8-10(9)5-3-4-6-14-2/h3,5,7-8,14H,4,6H2,1-2H3. The van der Waals surface area contributed by atoms with Crippen molar-refractivity contribution in [2.45, 2.75) is 13.3 Å². The van der Waals surface area contributed by atoms with Gasteiger partial charge in [0.15, 0.2) is 0 Å². The Bertz CT molecular complexity index is 444. The summed E-state index contributed by atoms with van der Waals surface area (Å²) in [5.74, 6) is -0.797.